The van der Waals surface area contributed by atoms with Gasteiger partial charge in [-0.1, -0.05) is 29.3 Å². The summed E-state index contributed by atoms with van der Waals surface area (Å²) in [6, 6.07) is 10.4. The van der Waals surface area contributed by atoms with Crippen LogP contribution < -0.4 is 11.1 Å². The second-order valence-electron chi connectivity index (χ2n) is 4.48. The second-order valence-corrected chi connectivity index (χ2v) is 6.18. The molecule has 110 valence electrons. The molecule has 1 amide bonds. The average Bonchev–Trinajstić information content (AvgIpc) is 2.44. The summed E-state index contributed by atoms with van der Waals surface area (Å²) in [4.78, 5) is 12.0. The number of carbonyl (C=O) groups is 1. The summed E-state index contributed by atoms with van der Waals surface area (Å²) in [5, 5.41) is 4.03. The highest BCUT2D eigenvalue weighted by Gasteiger charge is 2.07. The van der Waals surface area contributed by atoms with Crippen LogP contribution in [0.1, 0.15) is 15.9 Å². The van der Waals surface area contributed by atoms with Crippen LogP contribution in [0.4, 0.5) is 5.69 Å². The minimum atomic E-state index is -0.167. The van der Waals surface area contributed by atoms with Crippen LogP contribution in [0, 0.1) is 0 Å². The van der Waals surface area contributed by atoms with E-state index in [1.54, 1.807) is 30.3 Å². The topological polar surface area (TPSA) is 55.1 Å². The molecule has 3 nitrogen and oxygen atoms in total. The molecule has 6 heteroatoms. The van der Waals surface area contributed by atoms with Gasteiger partial charge in [-0.3, -0.25) is 4.79 Å². The number of hydrogen-bond donors (Lipinski definition) is 2. The summed E-state index contributed by atoms with van der Waals surface area (Å²) >= 11 is 15.2. The van der Waals surface area contributed by atoms with Gasteiger partial charge in [0.25, 0.3) is 5.91 Å². The van der Waals surface area contributed by atoms with Crippen LogP contribution in [0.5, 0.6) is 0 Å². The normalized spacial score (nSPS) is 10.4. The van der Waals surface area contributed by atoms with Crippen molar-refractivity contribution in [3.63, 3.8) is 0 Å². The molecule has 0 aliphatic heterocycles. The third-order valence-corrected chi connectivity index (χ3v) is 4.26. The number of nitrogen functional groups attached to an aromatic ring is 1. The molecular formula is C15H13BrCl2N2O. The number of halogens is 3. The van der Waals surface area contributed by atoms with E-state index < -0.39 is 0 Å². The van der Waals surface area contributed by atoms with Gasteiger partial charge in [-0.15, -0.1) is 0 Å². The lowest BCUT2D eigenvalue weighted by Crippen LogP contribution is -2.25. The first-order valence-electron chi connectivity index (χ1n) is 6.24. The van der Waals surface area contributed by atoms with Gasteiger partial charge in [-0.05, 0) is 58.2 Å². The maximum atomic E-state index is 12.0. The molecule has 0 bridgehead atoms. The fourth-order valence-electron chi connectivity index (χ4n) is 1.82. The quantitative estimate of drug-likeness (QED) is 0.768. The lowest BCUT2D eigenvalue weighted by molar-refractivity contribution is 0.0954. The van der Waals surface area contributed by atoms with Crippen molar-refractivity contribution in [2.45, 2.75) is 6.42 Å². The summed E-state index contributed by atoms with van der Waals surface area (Å²) in [5.41, 5.74) is 7.75. The molecule has 0 unspecified atom stereocenters. The molecule has 2 aromatic carbocycles. The van der Waals surface area contributed by atoms with Crippen LogP contribution in [-0.4, -0.2) is 12.5 Å². The van der Waals surface area contributed by atoms with E-state index in [9.17, 15) is 4.79 Å². The monoisotopic (exact) mass is 386 g/mol. The Bertz CT molecular complexity index is 677. The summed E-state index contributed by atoms with van der Waals surface area (Å²) in [5.74, 6) is -0.167. The van der Waals surface area contributed by atoms with E-state index in [0.29, 0.717) is 34.3 Å². The van der Waals surface area contributed by atoms with Crippen molar-refractivity contribution in [2.24, 2.45) is 0 Å². The zero-order chi connectivity index (χ0) is 15.4. The molecule has 0 atom stereocenters. The molecule has 3 N–H and O–H groups in total. The summed E-state index contributed by atoms with van der Waals surface area (Å²) < 4.78 is 0.770. The molecule has 0 saturated carbocycles. The zero-order valence-corrected chi connectivity index (χ0v) is 14.1. The number of benzene rings is 2. The number of anilines is 1. The van der Waals surface area contributed by atoms with Gasteiger partial charge in [0.2, 0.25) is 0 Å². The fourth-order valence-corrected chi connectivity index (χ4v) is 2.57. The Balaban J connectivity index is 1.93. The lowest BCUT2D eigenvalue weighted by atomic mass is 10.1. The fraction of sp³-hybridized carbons (Fsp3) is 0.133. The Morgan fingerprint density at radius 2 is 1.95 bits per heavy atom. The lowest BCUT2D eigenvalue weighted by Gasteiger charge is -2.08. The van der Waals surface area contributed by atoms with Gasteiger partial charge in [-0.2, -0.15) is 0 Å². The van der Waals surface area contributed by atoms with Crippen molar-refractivity contribution < 1.29 is 4.79 Å². The molecule has 0 aliphatic carbocycles. The van der Waals surface area contributed by atoms with Crippen molar-refractivity contribution in [3.05, 3.63) is 62.0 Å². The Kier molecular flexibility index (Phi) is 5.51. The van der Waals surface area contributed by atoms with Gasteiger partial charge < -0.3 is 11.1 Å². The number of nitrogens with one attached hydrogen (secondary N) is 1. The van der Waals surface area contributed by atoms with Gasteiger partial charge in [0, 0.05) is 32.3 Å². The number of amides is 1. The van der Waals surface area contributed by atoms with Gasteiger partial charge >= 0.3 is 0 Å². The van der Waals surface area contributed by atoms with E-state index in [-0.39, 0.29) is 5.91 Å². The van der Waals surface area contributed by atoms with Crippen molar-refractivity contribution in [2.75, 3.05) is 12.3 Å². The van der Waals surface area contributed by atoms with Crippen molar-refractivity contribution in [1.82, 2.24) is 5.32 Å². The van der Waals surface area contributed by atoms with Crippen LogP contribution in [0.25, 0.3) is 0 Å². The van der Waals surface area contributed by atoms with E-state index in [2.05, 4.69) is 21.2 Å². The molecule has 2 aromatic rings. The van der Waals surface area contributed by atoms with Gasteiger partial charge in [0.15, 0.2) is 0 Å². The number of hydrogen-bond acceptors (Lipinski definition) is 2. The molecular weight excluding hydrogens is 375 g/mol. The number of carbonyl (C=O) groups excluding carboxylic acids is 1. The van der Waals surface area contributed by atoms with Gasteiger partial charge in [-0.25, -0.2) is 0 Å². The van der Waals surface area contributed by atoms with Crippen LogP contribution in [0.2, 0.25) is 10.0 Å². The smallest absolute Gasteiger partial charge is 0.251 e. The third-order valence-electron chi connectivity index (χ3n) is 2.95. The average molecular weight is 388 g/mol. The SMILES string of the molecule is Nc1cc(C(=O)NCCc2ccc(Cl)cc2Cl)ccc1Br. The first-order valence-corrected chi connectivity index (χ1v) is 7.79. The van der Waals surface area contributed by atoms with Crippen LogP contribution in [0.3, 0.4) is 0 Å². The largest absolute Gasteiger partial charge is 0.398 e. The standard InChI is InChI=1S/C15H13BrCl2N2O/c16-12-4-2-10(7-14(12)19)15(21)20-6-5-9-1-3-11(17)8-13(9)18/h1-4,7-8H,5-6,19H2,(H,20,21). The number of nitrogens with two attached hydrogens (primary N) is 1. The molecule has 21 heavy (non-hydrogen) atoms. The first kappa shape index (κ1) is 16.1. The molecule has 0 saturated heterocycles. The van der Waals surface area contributed by atoms with Crippen LogP contribution in [-0.2, 0) is 6.42 Å². The van der Waals surface area contributed by atoms with Crippen molar-refractivity contribution >= 4 is 50.7 Å². The van der Waals surface area contributed by atoms with Crippen LogP contribution in [0.15, 0.2) is 40.9 Å². The number of rotatable bonds is 4. The van der Waals surface area contributed by atoms with E-state index in [1.807, 2.05) is 6.07 Å². The van der Waals surface area contributed by atoms with Crippen molar-refractivity contribution in [1.29, 1.82) is 0 Å². The Labute approximate surface area is 141 Å². The second kappa shape index (κ2) is 7.16. The highest BCUT2D eigenvalue weighted by molar-refractivity contribution is 9.10. The predicted molar refractivity (Wildman–Crippen MR) is 91.1 cm³/mol. The molecule has 0 aliphatic rings. The molecule has 0 spiro atoms. The Morgan fingerprint density at radius 3 is 2.62 bits per heavy atom. The maximum Gasteiger partial charge on any atom is 0.251 e. The van der Waals surface area contributed by atoms with Crippen LogP contribution >= 0.6 is 39.1 Å². The van der Waals surface area contributed by atoms with E-state index >= 15 is 0 Å². The minimum Gasteiger partial charge on any atom is -0.398 e. The molecule has 2 rings (SSSR count). The van der Waals surface area contributed by atoms with E-state index in [1.165, 1.54) is 0 Å². The zero-order valence-electron chi connectivity index (χ0n) is 11.0. The summed E-state index contributed by atoms with van der Waals surface area (Å²) in [6.07, 6.45) is 0.633. The Morgan fingerprint density at radius 1 is 1.19 bits per heavy atom. The van der Waals surface area contributed by atoms with Gasteiger partial charge in [0.05, 0.1) is 0 Å². The molecule has 0 aromatic heterocycles. The van der Waals surface area contributed by atoms with E-state index in [0.717, 1.165) is 10.0 Å². The minimum absolute atomic E-state index is 0.167. The Hall–Kier alpha value is -1.23. The molecule has 0 radical (unpaired) electrons. The summed E-state index contributed by atoms with van der Waals surface area (Å²) in [7, 11) is 0. The third kappa shape index (κ3) is 4.37. The highest BCUT2D eigenvalue weighted by atomic mass is 79.9. The highest BCUT2D eigenvalue weighted by Crippen LogP contribution is 2.22. The maximum absolute atomic E-state index is 12.0. The summed E-state index contributed by atoms with van der Waals surface area (Å²) in [6.45, 7) is 0.482. The first-order chi connectivity index (χ1) is 9.97. The molecule has 0 fully saturated rings. The van der Waals surface area contributed by atoms with Crippen molar-refractivity contribution in [3.8, 4) is 0 Å². The van der Waals surface area contributed by atoms with Gasteiger partial charge in [0.1, 0.15) is 0 Å². The molecule has 0 heterocycles. The van der Waals surface area contributed by atoms with E-state index in [4.69, 9.17) is 28.9 Å². The predicted octanol–water partition coefficient (Wildman–Crippen LogP) is 4.31.